The van der Waals surface area contributed by atoms with Crippen LogP contribution in [0.3, 0.4) is 0 Å². The number of aromatic nitrogens is 1. The zero-order valence-electron chi connectivity index (χ0n) is 16.8. The minimum Gasteiger partial charge on any atom is -0.369 e. The van der Waals surface area contributed by atoms with Gasteiger partial charge in [-0.15, -0.1) is 0 Å². The molecular formula is C23H27N5O. The number of nitriles is 1. The normalized spacial score (nSPS) is 17.6. The van der Waals surface area contributed by atoms with Crippen LogP contribution >= 0.6 is 0 Å². The van der Waals surface area contributed by atoms with Gasteiger partial charge in [0, 0.05) is 45.5 Å². The average Bonchev–Trinajstić information content (AvgIpc) is 3.05. The number of hydrogen-bond donors (Lipinski definition) is 0. The number of likely N-dealkylation sites (tertiary alicyclic amines) is 1. The predicted molar refractivity (Wildman–Crippen MR) is 114 cm³/mol. The van der Waals surface area contributed by atoms with Crippen molar-refractivity contribution >= 4 is 17.4 Å². The third kappa shape index (κ3) is 4.19. The van der Waals surface area contributed by atoms with Crippen LogP contribution < -0.4 is 9.80 Å². The van der Waals surface area contributed by atoms with Gasteiger partial charge in [0.05, 0.1) is 16.8 Å². The molecule has 1 aromatic carbocycles. The molecule has 6 heteroatoms. The van der Waals surface area contributed by atoms with Crippen molar-refractivity contribution in [1.82, 2.24) is 9.88 Å². The topological polar surface area (TPSA) is 63.5 Å². The van der Waals surface area contributed by atoms with E-state index in [9.17, 15) is 10.1 Å². The van der Waals surface area contributed by atoms with Crippen LogP contribution in [0.5, 0.6) is 0 Å². The molecule has 29 heavy (non-hydrogen) atoms. The SMILES string of the molecule is N#Cc1ccccc1N1CCCN(c2ncccc2C(=O)N2CCCCC2)CC1. The van der Waals surface area contributed by atoms with Crippen molar-refractivity contribution in [1.29, 1.82) is 5.26 Å². The largest absolute Gasteiger partial charge is 0.369 e. The van der Waals surface area contributed by atoms with Gasteiger partial charge in [0.1, 0.15) is 11.9 Å². The number of rotatable bonds is 3. The molecule has 1 amide bonds. The van der Waals surface area contributed by atoms with E-state index in [2.05, 4.69) is 20.9 Å². The van der Waals surface area contributed by atoms with Gasteiger partial charge in [-0.3, -0.25) is 4.79 Å². The Labute approximate surface area is 172 Å². The summed E-state index contributed by atoms with van der Waals surface area (Å²) >= 11 is 0. The summed E-state index contributed by atoms with van der Waals surface area (Å²) in [6.07, 6.45) is 6.09. The van der Waals surface area contributed by atoms with E-state index in [0.717, 1.165) is 70.0 Å². The van der Waals surface area contributed by atoms with Crippen LogP contribution in [-0.2, 0) is 0 Å². The highest BCUT2D eigenvalue weighted by Gasteiger charge is 2.25. The van der Waals surface area contributed by atoms with Gasteiger partial charge in [0.2, 0.25) is 0 Å². The number of para-hydroxylation sites is 1. The number of piperidine rings is 1. The molecule has 0 spiro atoms. The van der Waals surface area contributed by atoms with E-state index < -0.39 is 0 Å². The van der Waals surface area contributed by atoms with Crippen LogP contribution in [0.15, 0.2) is 42.6 Å². The second-order valence-corrected chi connectivity index (χ2v) is 7.68. The maximum Gasteiger partial charge on any atom is 0.257 e. The number of hydrogen-bond acceptors (Lipinski definition) is 5. The third-order valence-electron chi connectivity index (χ3n) is 5.82. The van der Waals surface area contributed by atoms with Gasteiger partial charge in [-0.2, -0.15) is 5.26 Å². The molecule has 2 aromatic rings. The number of anilines is 2. The summed E-state index contributed by atoms with van der Waals surface area (Å²) in [6, 6.07) is 13.8. The smallest absolute Gasteiger partial charge is 0.257 e. The Morgan fingerprint density at radius 3 is 2.45 bits per heavy atom. The van der Waals surface area contributed by atoms with E-state index in [4.69, 9.17) is 0 Å². The highest BCUT2D eigenvalue weighted by Crippen LogP contribution is 2.25. The van der Waals surface area contributed by atoms with Crippen LogP contribution in [0.25, 0.3) is 0 Å². The molecule has 0 atom stereocenters. The van der Waals surface area contributed by atoms with Gasteiger partial charge in [0.15, 0.2) is 0 Å². The number of pyridine rings is 1. The van der Waals surface area contributed by atoms with Gasteiger partial charge >= 0.3 is 0 Å². The fraction of sp³-hybridized carbons (Fsp3) is 0.435. The summed E-state index contributed by atoms with van der Waals surface area (Å²) in [5.74, 6) is 0.891. The van der Waals surface area contributed by atoms with Crippen LogP contribution in [0.1, 0.15) is 41.6 Å². The molecule has 0 aliphatic carbocycles. The molecule has 4 rings (SSSR count). The fourth-order valence-corrected chi connectivity index (χ4v) is 4.30. The lowest BCUT2D eigenvalue weighted by molar-refractivity contribution is 0.0724. The predicted octanol–water partition coefficient (Wildman–Crippen LogP) is 3.30. The first-order valence-electron chi connectivity index (χ1n) is 10.5. The number of amides is 1. The molecular weight excluding hydrogens is 362 g/mol. The molecule has 0 N–H and O–H groups in total. The number of carbonyl (C=O) groups is 1. The summed E-state index contributed by atoms with van der Waals surface area (Å²) in [5, 5.41) is 9.43. The maximum atomic E-state index is 13.1. The summed E-state index contributed by atoms with van der Waals surface area (Å²) in [7, 11) is 0. The van der Waals surface area contributed by atoms with Crippen molar-refractivity contribution in [3.8, 4) is 6.07 Å². The maximum absolute atomic E-state index is 13.1. The summed E-state index contributed by atoms with van der Waals surface area (Å²) in [4.78, 5) is 24.2. The second-order valence-electron chi connectivity index (χ2n) is 7.68. The number of carbonyl (C=O) groups excluding carboxylic acids is 1. The van der Waals surface area contributed by atoms with Crippen LogP contribution in [-0.4, -0.2) is 55.1 Å². The Bertz CT molecular complexity index is 900. The minimum absolute atomic E-state index is 0.101. The van der Waals surface area contributed by atoms with Crippen molar-refractivity contribution in [2.75, 3.05) is 49.1 Å². The molecule has 1 aromatic heterocycles. The molecule has 6 nitrogen and oxygen atoms in total. The standard InChI is InChI=1S/C23H27N5O/c24-18-19-8-2-3-10-21(19)26-14-7-15-27(17-16-26)22-20(9-6-11-25-22)23(29)28-12-4-1-5-13-28/h2-3,6,8-11H,1,4-5,7,12-17H2. The van der Waals surface area contributed by atoms with Gasteiger partial charge in [-0.05, 0) is 49.9 Å². The monoisotopic (exact) mass is 389 g/mol. The van der Waals surface area contributed by atoms with Crippen molar-refractivity contribution in [2.24, 2.45) is 0 Å². The lowest BCUT2D eigenvalue weighted by Gasteiger charge is -2.29. The summed E-state index contributed by atoms with van der Waals surface area (Å²) in [6.45, 7) is 4.99. The molecule has 0 bridgehead atoms. The van der Waals surface area contributed by atoms with E-state index in [1.54, 1.807) is 6.20 Å². The first kappa shape index (κ1) is 19.3. The Morgan fingerprint density at radius 1 is 0.862 bits per heavy atom. The number of nitrogens with zero attached hydrogens (tertiary/aromatic N) is 5. The van der Waals surface area contributed by atoms with Gasteiger partial charge in [-0.25, -0.2) is 4.98 Å². The van der Waals surface area contributed by atoms with Crippen molar-refractivity contribution in [3.63, 3.8) is 0 Å². The molecule has 2 aliphatic heterocycles. The lowest BCUT2D eigenvalue weighted by Crippen LogP contribution is -2.38. The Kier molecular flexibility index (Phi) is 5.95. The van der Waals surface area contributed by atoms with Gasteiger partial charge < -0.3 is 14.7 Å². The van der Waals surface area contributed by atoms with Crippen LogP contribution in [0, 0.1) is 11.3 Å². The minimum atomic E-state index is 0.101. The molecule has 0 radical (unpaired) electrons. The fourth-order valence-electron chi connectivity index (χ4n) is 4.30. The number of benzene rings is 1. The van der Waals surface area contributed by atoms with Gasteiger partial charge in [0.25, 0.3) is 5.91 Å². The van der Waals surface area contributed by atoms with Crippen molar-refractivity contribution < 1.29 is 4.79 Å². The van der Waals surface area contributed by atoms with E-state index in [1.165, 1.54) is 6.42 Å². The zero-order valence-corrected chi connectivity index (χ0v) is 16.8. The highest BCUT2D eigenvalue weighted by atomic mass is 16.2. The van der Waals surface area contributed by atoms with E-state index in [1.807, 2.05) is 41.3 Å². The molecule has 2 aliphatic rings. The van der Waals surface area contributed by atoms with E-state index in [0.29, 0.717) is 11.1 Å². The van der Waals surface area contributed by atoms with Gasteiger partial charge in [-0.1, -0.05) is 12.1 Å². The van der Waals surface area contributed by atoms with Crippen LogP contribution in [0.4, 0.5) is 11.5 Å². The van der Waals surface area contributed by atoms with E-state index >= 15 is 0 Å². The lowest BCUT2D eigenvalue weighted by atomic mass is 10.1. The average molecular weight is 390 g/mol. The molecule has 0 saturated carbocycles. The molecule has 150 valence electrons. The Morgan fingerprint density at radius 2 is 1.62 bits per heavy atom. The summed E-state index contributed by atoms with van der Waals surface area (Å²) < 4.78 is 0. The second kappa shape index (κ2) is 8.95. The Hall–Kier alpha value is -3.07. The molecule has 2 saturated heterocycles. The molecule has 2 fully saturated rings. The quantitative estimate of drug-likeness (QED) is 0.806. The summed E-state index contributed by atoms with van der Waals surface area (Å²) in [5.41, 5.74) is 2.41. The van der Waals surface area contributed by atoms with Crippen LogP contribution in [0.2, 0.25) is 0 Å². The third-order valence-corrected chi connectivity index (χ3v) is 5.82. The first-order valence-corrected chi connectivity index (χ1v) is 10.5. The Balaban J connectivity index is 1.53. The zero-order chi connectivity index (χ0) is 20.1. The molecule has 0 unspecified atom stereocenters. The molecule has 3 heterocycles. The first-order chi connectivity index (χ1) is 14.3. The highest BCUT2D eigenvalue weighted by molar-refractivity contribution is 5.99. The van der Waals surface area contributed by atoms with Crippen molar-refractivity contribution in [3.05, 3.63) is 53.7 Å². The van der Waals surface area contributed by atoms with E-state index in [-0.39, 0.29) is 5.91 Å². The van der Waals surface area contributed by atoms with Crippen molar-refractivity contribution in [2.45, 2.75) is 25.7 Å².